The fourth-order valence-corrected chi connectivity index (χ4v) is 2.90. The van der Waals surface area contributed by atoms with Crippen LogP contribution in [0.4, 0.5) is 10.5 Å². The van der Waals surface area contributed by atoms with Gasteiger partial charge < -0.3 is 24.8 Å². The van der Waals surface area contributed by atoms with Crippen molar-refractivity contribution in [2.24, 2.45) is 0 Å². The number of benzene rings is 2. The molecular weight excluding hydrogens is 372 g/mol. The summed E-state index contributed by atoms with van der Waals surface area (Å²) < 4.78 is 15.9. The molecule has 0 fully saturated rings. The van der Waals surface area contributed by atoms with E-state index >= 15 is 0 Å². The normalized spacial score (nSPS) is 14.2. The number of hydrogen-bond donors (Lipinski definition) is 2. The number of amides is 2. The maximum atomic E-state index is 12.4. The Hall–Kier alpha value is -3.48. The molecule has 2 aromatic rings. The smallest absolute Gasteiger partial charge is 0.413 e. The zero-order chi connectivity index (χ0) is 21.2. The van der Waals surface area contributed by atoms with Gasteiger partial charge in [0, 0.05) is 22.7 Å². The molecule has 0 radical (unpaired) electrons. The number of carbonyl (C=O) groups excluding carboxylic acids is 2. The van der Waals surface area contributed by atoms with Crippen molar-refractivity contribution in [3.8, 4) is 17.2 Å². The van der Waals surface area contributed by atoms with Gasteiger partial charge in [0.2, 0.25) is 0 Å². The number of methoxy groups -OCH3 is 2. The van der Waals surface area contributed by atoms with Gasteiger partial charge >= 0.3 is 6.09 Å². The summed E-state index contributed by atoms with van der Waals surface area (Å²) >= 11 is 0. The van der Waals surface area contributed by atoms with Crippen molar-refractivity contribution < 1.29 is 23.8 Å². The molecule has 7 nitrogen and oxygen atoms in total. The first-order chi connectivity index (χ1) is 13.7. The van der Waals surface area contributed by atoms with E-state index in [1.807, 2.05) is 20.8 Å². The van der Waals surface area contributed by atoms with Gasteiger partial charge in [-0.2, -0.15) is 0 Å². The standard InChI is InChI=1S/C22H24N2O5/c1-22(2,3)24-21(26)29-14-8-6-13(7-9-14)10-16-15-11-18(27-4)19(28-5)12-17(15)23-20(16)25/h6-12H,1-5H3,(H,23,25)(H,24,26)/b16-10+. The van der Waals surface area contributed by atoms with Crippen LogP contribution in [0.25, 0.3) is 11.6 Å². The highest BCUT2D eigenvalue weighted by atomic mass is 16.6. The molecule has 3 rings (SSSR count). The van der Waals surface area contributed by atoms with Crippen molar-refractivity contribution in [2.75, 3.05) is 19.5 Å². The predicted octanol–water partition coefficient (Wildman–Crippen LogP) is 4.08. The highest BCUT2D eigenvalue weighted by Gasteiger charge is 2.26. The van der Waals surface area contributed by atoms with Crippen LogP contribution in [0.2, 0.25) is 0 Å². The Morgan fingerprint density at radius 2 is 1.66 bits per heavy atom. The van der Waals surface area contributed by atoms with E-state index in [1.54, 1.807) is 56.7 Å². The number of rotatable bonds is 4. The van der Waals surface area contributed by atoms with E-state index in [0.717, 1.165) is 11.1 Å². The largest absolute Gasteiger partial charge is 0.493 e. The van der Waals surface area contributed by atoms with E-state index in [0.29, 0.717) is 28.5 Å². The van der Waals surface area contributed by atoms with Crippen LogP contribution in [-0.4, -0.2) is 31.8 Å². The summed E-state index contributed by atoms with van der Waals surface area (Å²) in [5.74, 6) is 1.29. The number of nitrogens with one attached hydrogen (secondary N) is 2. The van der Waals surface area contributed by atoms with E-state index < -0.39 is 6.09 Å². The summed E-state index contributed by atoms with van der Waals surface area (Å²) in [4.78, 5) is 24.3. The van der Waals surface area contributed by atoms with Crippen LogP contribution >= 0.6 is 0 Å². The molecule has 7 heteroatoms. The summed E-state index contributed by atoms with van der Waals surface area (Å²) in [5.41, 5.74) is 2.32. The van der Waals surface area contributed by atoms with Gasteiger partial charge in [0.15, 0.2) is 11.5 Å². The molecule has 0 saturated carbocycles. The summed E-state index contributed by atoms with van der Waals surface area (Å²) in [6.07, 6.45) is 1.25. The zero-order valence-electron chi connectivity index (χ0n) is 17.1. The molecule has 0 atom stereocenters. The molecule has 2 aromatic carbocycles. The number of hydrogen-bond acceptors (Lipinski definition) is 5. The Kier molecular flexibility index (Phi) is 5.50. The first kappa shape index (κ1) is 20.3. The summed E-state index contributed by atoms with van der Waals surface area (Å²) in [6, 6.07) is 10.4. The fourth-order valence-electron chi connectivity index (χ4n) is 2.90. The Labute approximate surface area is 169 Å². The number of ether oxygens (including phenoxy) is 3. The van der Waals surface area contributed by atoms with Gasteiger partial charge in [0.05, 0.1) is 19.9 Å². The second-order valence-electron chi connectivity index (χ2n) is 7.60. The third-order valence-corrected chi connectivity index (χ3v) is 4.19. The minimum atomic E-state index is -0.520. The van der Waals surface area contributed by atoms with E-state index in [2.05, 4.69) is 10.6 Å². The van der Waals surface area contributed by atoms with Gasteiger partial charge in [-0.05, 0) is 50.6 Å². The lowest BCUT2D eigenvalue weighted by atomic mass is 10.0. The van der Waals surface area contributed by atoms with Crippen molar-refractivity contribution in [3.05, 3.63) is 47.5 Å². The fraction of sp³-hybridized carbons (Fsp3) is 0.273. The van der Waals surface area contributed by atoms with E-state index in [1.165, 1.54) is 0 Å². The molecule has 1 aliphatic heterocycles. The zero-order valence-corrected chi connectivity index (χ0v) is 17.1. The van der Waals surface area contributed by atoms with Crippen LogP contribution in [0.15, 0.2) is 36.4 Å². The topological polar surface area (TPSA) is 85.9 Å². The molecule has 0 saturated heterocycles. The Morgan fingerprint density at radius 3 is 2.24 bits per heavy atom. The van der Waals surface area contributed by atoms with Gasteiger partial charge in [-0.15, -0.1) is 0 Å². The van der Waals surface area contributed by atoms with Crippen LogP contribution in [-0.2, 0) is 4.79 Å². The minimum Gasteiger partial charge on any atom is -0.493 e. The molecule has 29 heavy (non-hydrogen) atoms. The van der Waals surface area contributed by atoms with E-state index in [-0.39, 0.29) is 11.4 Å². The van der Waals surface area contributed by atoms with Gasteiger partial charge in [-0.3, -0.25) is 4.79 Å². The number of fused-ring (bicyclic) bond motifs is 1. The molecule has 1 aliphatic rings. The van der Waals surface area contributed by atoms with Crippen LogP contribution in [0.1, 0.15) is 31.9 Å². The third-order valence-electron chi connectivity index (χ3n) is 4.19. The van der Waals surface area contributed by atoms with E-state index in [4.69, 9.17) is 14.2 Å². The Balaban J connectivity index is 1.83. The van der Waals surface area contributed by atoms with Gasteiger partial charge in [-0.1, -0.05) is 12.1 Å². The lowest BCUT2D eigenvalue weighted by Gasteiger charge is -2.19. The second kappa shape index (κ2) is 7.87. The Bertz CT molecular complexity index is 972. The van der Waals surface area contributed by atoms with E-state index in [9.17, 15) is 9.59 Å². The Morgan fingerprint density at radius 1 is 1.03 bits per heavy atom. The van der Waals surface area contributed by atoms with Crippen LogP contribution in [0.3, 0.4) is 0 Å². The first-order valence-electron chi connectivity index (χ1n) is 9.09. The SMILES string of the molecule is COc1cc2c(cc1OC)/C(=C\c1ccc(OC(=O)NC(C)(C)C)cc1)C(=O)N2. The summed E-state index contributed by atoms with van der Waals surface area (Å²) in [7, 11) is 3.09. The molecule has 2 N–H and O–H groups in total. The van der Waals surface area contributed by atoms with Gasteiger partial charge in [0.25, 0.3) is 5.91 Å². The first-order valence-corrected chi connectivity index (χ1v) is 9.09. The van der Waals surface area contributed by atoms with Gasteiger partial charge in [-0.25, -0.2) is 4.79 Å². The summed E-state index contributed by atoms with van der Waals surface area (Å²) in [5, 5.41) is 5.56. The minimum absolute atomic E-state index is 0.208. The molecule has 0 bridgehead atoms. The molecule has 2 amide bonds. The van der Waals surface area contributed by atoms with Crippen molar-refractivity contribution in [2.45, 2.75) is 26.3 Å². The molecule has 0 aliphatic carbocycles. The maximum absolute atomic E-state index is 12.4. The number of anilines is 1. The lowest BCUT2D eigenvalue weighted by Crippen LogP contribution is -2.42. The van der Waals surface area contributed by atoms with Crippen molar-refractivity contribution >= 4 is 29.3 Å². The number of carbonyl (C=O) groups is 2. The lowest BCUT2D eigenvalue weighted by molar-refractivity contribution is -0.110. The quantitative estimate of drug-likeness (QED) is 0.761. The van der Waals surface area contributed by atoms with Crippen LogP contribution < -0.4 is 24.8 Å². The van der Waals surface area contributed by atoms with Crippen molar-refractivity contribution in [1.29, 1.82) is 0 Å². The molecule has 152 valence electrons. The average molecular weight is 396 g/mol. The highest BCUT2D eigenvalue weighted by molar-refractivity contribution is 6.35. The summed E-state index contributed by atoms with van der Waals surface area (Å²) in [6.45, 7) is 5.62. The van der Waals surface area contributed by atoms with Crippen LogP contribution in [0, 0.1) is 0 Å². The highest BCUT2D eigenvalue weighted by Crippen LogP contribution is 2.41. The molecule has 0 aromatic heterocycles. The maximum Gasteiger partial charge on any atom is 0.413 e. The van der Waals surface area contributed by atoms with Crippen molar-refractivity contribution in [1.82, 2.24) is 5.32 Å². The molecular formula is C22H24N2O5. The monoisotopic (exact) mass is 396 g/mol. The molecule has 1 heterocycles. The predicted molar refractivity (Wildman–Crippen MR) is 111 cm³/mol. The molecule has 0 spiro atoms. The second-order valence-corrected chi connectivity index (χ2v) is 7.60. The molecule has 0 unspecified atom stereocenters. The van der Waals surface area contributed by atoms with Crippen molar-refractivity contribution in [3.63, 3.8) is 0 Å². The third kappa shape index (κ3) is 4.68. The van der Waals surface area contributed by atoms with Crippen LogP contribution in [0.5, 0.6) is 17.2 Å². The average Bonchev–Trinajstić information content (AvgIpc) is 2.95. The van der Waals surface area contributed by atoms with Gasteiger partial charge in [0.1, 0.15) is 5.75 Å².